The van der Waals surface area contributed by atoms with Crippen LogP contribution in [0.2, 0.25) is 0 Å². The van der Waals surface area contributed by atoms with Crippen molar-refractivity contribution in [1.82, 2.24) is 0 Å². The van der Waals surface area contributed by atoms with Crippen molar-refractivity contribution in [3.8, 4) is 0 Å². The summed E-state index contributed by atoms with van der Waals surface area (Å²) in [6.45, 7) is 10.1. The Morgan fingerprint density at radius 3 is 1.31 bits per heavy atom. The molecule has 42 heavy (non-hydrogen) atoms. The molecule has 0 unspecified atom stereocenters. The van der Waals surface area contributed by atoms with Crippen LogP contribution in [-0.4, -0.2) is 33.8 Å². The van der Waals surface area contributed by atoms with Crippen molar-refractivity contribution in [2.45, 2.75) is 155 Å². The van der Waals surface area contributed by atoms with Gasteiger partial charge < -0.3 is 10.2 Å². The van der Waals surface area contributed by atoms with Crippen molar-refractivity contribution in [2.75, 3.05) is 0 Å². The van der Waals surface area contributed by atoms with Crippen LogP contribution in [0.5, 0.6) is 0 Å². The fourth-order valence-electron chi connectivity index (χ4n) is 14.4. The number of nitrogens with zero attached hydrogens (tertiary/aromatic N) is 2. The van der Waals surface area contributed by atoms with Crippen LogP contribution in [0.1, 0.15) is 143 Å². The molecule has 8 aliphatic carbocycles. The highest BCUT2D eigenvalue weighted by Gasteiger charge is 2.61. The fraction of sp³-hybridized carbons (Fsp3) is 0.947. The van der Waals surface area contributed by atoms with Crippen LogP contribution in [0, 0.1) is 69.0 Å². The van der Waals surface area contributed by atoms with Gasteiger partial charge in [-0.1, -0.05) is 27.7 Å². The molecule has 2 N–H and O–H groups in total. The zero-order valence-electron chi connectivity index (χ0n) is 27.3. The Labute approximate surface area is 256 Å². The van der Waals surface area contributed by atoms with Crippen LogP contribution in [0.25, 0.3) is 0 Å². The summed E-state index contributed by atoms with van der Waals surface area (Å²) in [5.74, 6) is 6.43. The van der Waals surface area contributed by atoms with E-state index in [0.29, 0.717) is 10.8 Å². The molecule has 0 aliphatic heterocycles. The van der Waals surface area contributed by atoms with Gasteiger partial charge in [0, 0.05) is 11.4 Å². The molecule has 8 rings (SSSR count). The Kier molecular flexibility index (Phi) is 6.75. The van der Waals surface area contributed by atoms with E-state index in [4.69, 9.17) is 10.2 Å². The van der Waals surface area contributed by atoms with Gasteiger partial charge in [0.1, 0.15) is 0 Å². The molecule has 14 atom stereocenters. The Hall–Kier alpha value is -0.740. The van der Waals surface area contributed by atoms with E-state index in [-0.39, 0.29) is 23.0 Å². The third-order valence-electron chi connectivity index (χ3n) is 17.2. The summed E-state index contributed by atoms with van der Waals surface area (Å²) in [6, 6.07) is 0. The molecule has 0 radical (unpaired) electrons. The number of aliphatic hydroxyl groups is 2. The molecule has 0 aromatic carbocycles. The first-order valence-corrected chi connectivity index (χ1v) is 18.5. The van der Waals surface area contributed by atoms with Crippen LogP contribution in [0.3, 0.4) is 0 Å². The van der Waals surface area contributed by atoms with E-state index in [1.165, 1.54) is 101 Å². The van der Waals surface area contributed by atoms with E-state index in [1.54, 1.807) is 0 Å². The zero-order chi connectivity index (χ0) is 29.1. The fourth-order valence-corrected chi connectivity index (χ4v) is 14.4. The van der Waals surface area contributed by atoms with E-state index in [1.807, 2.05) is 0 Å². The second-order valence-electron chi connectivity index (χ2n) is 18.3. The number of rotatable bonds is 1. The Morgan fingerprint density at radius 2 is 0.881 bits per heavy atom. The molecule has 0 heterocycles. The summed E-state index contributed by atoms with van der Waals surface area (Å²) < 4.78 is 0. The summed E-state index contributed by atoms with van der Waals surface area (Å²) in [4.78, 5) is 0. The van der Waals surface area contributed by atoms with Gasteiger partial charge in [0.2, 0.25) is 0 Å². The quantitative estimate of drug-likeness (QED) is 0.307. The molecule has 4 heteroatoms. The lowest BCUT2D eigenvalue weighted by Gasteiger charge is -2.60. The maximum Gasteiger partial charge on any atom is 0.0596 e. The van der Waals surface area contributed by atoms with E-state index < -0.39 is 0 Å². The molecule has 8 saturated carbocycles. The molecule has 0 aromatic heterocycles. The zero-order valence-corrected chi connectivity index (χ0v) is 27.3. The van der Waals surface area contributed by atoms with Gasteiger partial charge in [-0.15, -0.1) is 0 Å². The molecule has 0 saturated heterocycles. The first kappa shape index (κ1) is 28.7. The van der Waals surface area contributed by atoms with Crippen LogP contribution in [-0.2, 0) is 0 Å². The SMILES string of the molecule is C[C@]12CC/C(=N/N=C3\CC[C@@]4(C)[C@@H](CC[C@@H]5[C@@H]4CC[C@]4(C)[C@@H](O)CC[C@@H]54)C3)C[C@@H]1CC[C@@H]1[C@@H]2CC[C@]2(C)[C@@H](O)CC[C@@H]12. The van der Waals surface area contributed by atoms with E-state index in [0.717, 1.165) is 73.0 Å². The predicted octanol–water partition coefficient (Wildman–Crippen LogP) is 8.59. The van der Waals surface area contributed by atoms with E-state index in [2.05, 4.69) is 27.7 Å². The highest BCUT2D eigenvalue weighted by Crippen LogP contribution is 2.67. The number of fused-ring (bicyclic) bond motifs is 10. The molecular weight excluding hydrogens is 516 g/mol. The minimum Gasteiger partial charge on any atom is -0.393 e. The van der Waals surface area contributed by atoms with Crippen molar-refractivity contribution in [1.29, 1.82) is 0 Å². The van der Waals surface area contributed by atoms with E-state index >= 15 is 0 Å². The Morgan fingerprint density at radius 1 is 0.476 bits per heavy atom. The monoisotopic (exact) mass is 576 g/mol. The summed E-state index contributed by atoms with van der Waals surface area (Å²) in [7, 11) is 0. The third kappa shape index (κ3) is 3.97. The summed E-state index contributed by atoms with van der Waals surface area (Å²) in [5.41, 5.74) is 4.08. The standard InChI is InChI=1S/C38H60N2O2/c1-35-17-13-25(21-23(35)5-7-27-29-9-11-33(41)37(29,3)19-15-31(27)35)39-40-26-14-18-36(2)24(22-26)6-8-28-30-10-12-34(42)38(30,4)20-16-32(28)36/h23-24,27-34,41-42H,5-22H2,1-4H3/b39-25-,40-26+/t23-,24-,27-,28-,29-,30-,31-,32-,33-,34-,35-,36-,37-,38-/m0/s1. The molecule has 0 amide bonds. The van der Waals surface area contributed by atoms with Gasteiger partial charge in [-0.2, -0.15) is 10.2 Å². The van der Waals surface area contributed by atoms with Crippen LogP contribution >= 0.6 is 0 Å². The molecule has 0 spiro atoms. The molecule has 8 fully saturated rings. The average Bonchev–Trinajstić information content (AvgIpc) is 3.46. The first-order chi connectivity index (χ1) is 20.1. The number of aliphatic hydroxyl groups excluding tert-OH is 2. The summed E-state index contributed by atoms with van der Waals surface area (Å²) >= 11 is 0. The van der Waals surface area contributed by atoms with Gasteiger partial charge in [0.25, 0.3) is 0 Å². The maximum absolute atomic E-state index is 10.8. The minimum atomic E-state index is -0.0642. The lowest BCUT2D eigenvalue weighted by Crippen LogP contribution is -2.54. The van der Waals surface area contributed by atoms with Crippen molar-refractivity contribution in [2.24, 2.45) is 79.2 Å². The normalized spacial score (nSPS) is 58.9. The second kappa shape index (κ2) is 9.88. The minimum absolute atomic E-state index is 0.0642. The van der Waals surface area contributed by atoms with Crippen molar-refractivity contribution in [3.63, 3.8) is 0 Å². The average molecular weight is 577 g/mol. The number of hydrogen-bond acceptors (Lipinski definition) is 4. The molecular formula is C38H60N2O2. The maximum atomic E-state index is 10.8. The Bertz CT molecular complexity index is 1060. The molecule has 234 valence electrons. The Balaban J connectivity index is 0.928. The van der Waals surface area contributed by atoms with Crippen molar-refractivity contribution < 1.29 is 10.2 Å². The molecule has 0 aromatic rings. The molecule has 8 aliphatic rings. The van der Waals surface area contributed by atoms with Gasteiger partial charge in [-0.3, -0.25) is 0 Å². The second-order valence-corrected chi connectivity index (χ2v) is 18.3. The van der Waals surface area contributed by atoms with Gasteiger partial charge in [-0.25, -0.2) is 0 Å². The largest absolute Gasteiger partial charge is 0.393 e. The third-order valence-corrected chi connectivity index (χ3v) is 17.2. The molecule has 4 nitrogen and oxygen atoms in total. The van der Waals surface area contributed by atoms with Gasteiger partial charge in [0.15, 0.2) is 0 Å². The van der Waals surface area contributed by atoms with Crippen LogP contribution < -0.4 is 0 Å². The predicted molar refractivity (Wildman–Crippen MR) is 170 cm³/mol. The molecule has 0 bridgehead atoms. The van der Waals surface area contributed by atoms with Gasteiger partial charge >= 0.3 is 0 Å². The lowest BCUT2D eigenvalue weighted by molar-refractivity contribution is -0.112. The highest BCUT2D eigenvalue weighted by molar-refractivity contribution is 5.89. The van der Waals surface area contributed by atoms with Crippen LogP contribution in [0.15, 0.2) is 10.2 Å². The van der Waals surface area contributed by atoms with Crippen molar-refractivity contribution in [3.05, 3.63) is 0 Å². The van der Waals surface area contributed by atoms with E-state index in [9.17, 15) is 10.2 Å². The van der Waals surface area contributed by atoms with Crippen molar-refractivity contribution >= 4 is 11.4 Å². The van der Waals surface area contributed by atoms with Gasteiger partial charge in [-0.05, 0) is 185 Å². The lowest BCUT2D eigenvalue weighted by atomic mass is 9.45. The smallest absolute Gasteiger partial charge is 0.0596 e. The summed E-state index contributed by atoms with van der Waals surface area (Å²) in [5, 5.41) is 31.7. The highest BCUT2D eigenvalue weighted by atomic mass is 16.3. The van der Waals surface area contributed by atoms with Crippen LogP contribution in [0.4, 0.5) is 0 Å². The topological polar surface area (TPSA) is 65.2 Å². The van der Waals surface area contributed by atoms with Gasteiger partial charge in [0.05, 0.1) is 12.2 Å². The number of hydrogen-bond donors (Lipinski definition) is 2. The first-order valence-electron chi connectivity index (χ1n) is 18.5. The summed E-state index contributed by atoms with van der Waals surface area (Å²) in [6.07, 6.45) is 22.3.